The maximum atomic E-state index is 13.6. The Kier molecular flexibility index (Phi) is 9.28. The van der Waals surface area contributed by atoms with E-state index in [0.29, 0.717) is 25.2 Å². The van der Waals surface area contributed by atoms with E-state index in [1.807, 2.05) is 31.3 Å². The Morgan fingerprint density at radius 3 is 2.79 bits per heavy atom. The van der Waals surface area contributed by atoms with Crippen LogP contribution in [0.3, 0.4) is 0 Å². The number of hydrogen-bond donors (Lipinski definition) is 4. The average molecular weight is 455 g/mol. The van der Waals surface area contributed by atoms with E-state index in [9.17, 15) is 14.6 Å². The molecule has 0 saturated heterocycles. The van der Waals surface area contributed by atoms with Crippen LogP contribution in [0.5, 0.6) is 5.75 Å². The molecule has 3 rings (SSSR count). The lowest BCUT2D eigenvalue weighted by molar-refractivity contribution is -0.0101. The SMILES string of the molecule is CCCOc1ccc(C#CCC(C)O)cc1CONC(CO)Cc1c[nH]c2ccc(F)cc12. The van der Waals surface area contributed by atoms with Crippen molar-refractivity contribution in [2.45, 2.75) is 51.9 Å². The van der Waals surface area contributed by atoms with Crippen molar-refractivity contribution in [3.8, 4) is 17.6 Å². The van der Waals surface area contributed by atoms with Crippen LogP contribution in [0.25, 0.3) is 10.9 Å². The van der Waals surface area contributed by atoms with Gasteiger partial charge in [-0.3, -0.25) is 4.84 Å². The van der Waals surface area contributed by atoms with Gasteiger partial charge < -0.3 is 19.9 Å². The number of hydrogen-bond acceptors (Lipinski definition) is 5. The second kappa shape index (κ2) is 12.4. The third kappa shape index (κ3) is 7.31. The molecular formula is C26H31FN2O4. The number of aliphatic hydroxyl groups is 2. The van der Waals surface area contributed by atoms with Gasteiger partial charge in [-0.05, 0) is 61.7 Å². The molecule has 0 bridgehead atoms. The molecule has 7 heteroatoms. The van der Waals surface area contributed by atoms with Crippen LogP contribution in [0.15, 0.2) is 42.6 Å². The van der Waals surface area contributed by atoms with E-state index in [4.69, 9.17) is 9.57 Å². The van der Waals surface area contributed by atoms with Crippen molar-refractivity contribution in [2.75, 3.05) is 13.2 Å². The fourth-order valence-electron chi connectivity index (χ4n) is 3.39. The zero-order valence-corrected chi connectivity index (χ0v) is 19.0. The third-order valence-electron chi connectivity index (χ3n) is 5.05. The number of rotatable bonds is 11. The summed E-state index contributed by atoms with van der Waals surface area (Å²) >= 11 is 0. The van der Waals surface area contributed by atoms with E-state index >= 15 is 0 Å². The van der Waals surface area contributed by atoms with E-state index in [1.165, 1.54) is 12.1 Å². The molecule has 6 nitrogen and oxygen atoms in total. The van der Waals surface area contributed by atoms with Crippen LogP contribution in [-0.2, 0) is 17.9 Å². The number of hydroxylamine groups is 1. The number of aliphatic hydroxyl groups excluding tert-OH is 2. The molecule has 1 aromatic heterocycles. The highest BCUT2D eigenvalue weighted by molar-refractivity contribution is 5.83. The van der Waals surface area contributed by atoms with Gasteiger partial charge in [-0.2, -0.15) is 5.48 Å². The second-order valence-electron chi connectivity index (χ2n) is 8.02. The van der Waals surface area contributed by atoms with Gasteiger partial charge in [-0.15, -0.1) is 0 Å². The number of benzene rings is 2. The average Bonchev–Trinajstić information content (AvgIpc) is 3.19. The molecule has 0 fully saturated rings. The van der Waals surface area contributed by atoms with Crippen molar-refractivity contribution in [1.29, 1.82) is 0 Å². The van der Waals surface area contributed by atoms with Crippen molar-refractivity contribution in [1.82, 2.24) is 10.5 Å². The lowest BCUT2D eigenvalue weighted by Gasteiger charge is -2.17. The van der Waals surface area contributed by atoms with Gasteiger partial charge >= 0.3 is 0 Å². The monoisotopic (exact) mass is 454 g/mol. The molecule has 2 unspecified atom stereocenters. The molecular weight excluding hydrogens is 423 g/mol. The van der Waals surface area contributed by atoms with Gasteiger partial charge in [-0.25, -0.2) is 4.39 Å². The van der Waals surface area contributed by atoms with Crippen molar-refractivity contribution in [2.24, 2.45) is 0 Å². The van der Waals surface area contributed by atoms with Gasteiger partial charge in [0.1, 0.15) is 11.6 Å². The summed E-state index contributed by atoms with van der Waals surface area (Å²) < 4.78 is 19.5. The fourth-order valence-corrected chi connectivity index (χ4v) is 3.39. The molecule has 33 heavy (non-hydrogen) atoms. The van der Waals surface area contributed by atoms with Crippen molar-refractivity contribution in [3.63, 3.8) is 0 Å². The summed E-state index contributed by atoms with van der Waals surface area (Å²) in [6.45, 7) is 4.39. The van der Waals surface area contributed by atoms with Crippen molar-refractivity contribution >= 4 is 10.9 Å². The maximum Gasteiger partial charge on any atom is 0.124 e. The lowest BCUT2D eigenvalue weighted by atomic mass is 10.1. The molecule has 176 valence electrons. The largest absolute Gasteiger partial charge is 0.493 e. The molecule has 0 radical (unpaired) electrons. The zero-order valence-electron chi connectivity index (χ0n) is 19.0. The second-order valence-corrected chi connectivity index (χ2v) is 8.02. The smallest absolute Gasteiger partial charge is 0.124 e. The van der Waals surface area contributed by atoms with Crippen LogP contribution in [-0.4, -0.2) is 40.6 Å². The minimum atomic E-state index is -0.472. The highest BCUT2D eigenvalue weighted by atomic mass is 19.1. The standard InChI is InChI=1S/C26H31FN2O4/c1-3-11-32-26-10-7-19(6-4-5-18(2)31)12-21(26)17-33-29-23(16-30)13-20-15-28-25-9-8-22(27)14-24(20)25/h7-10,12,14-15,18,23,28-31H,3,5,11,13,16-17H2,1-2H3. The Morgan fingerprint density at radius 1 is 1.18 bits per heavy atom. The first-order valence-electron chi connectivity index (χ1n) is 11.2. The molecule has 0 spiro atoms. The molecule has 0 aliphatic rings. The van der Waals surface area contributed by atoms with Crippen molar-refractivity contribution in [3.05, 3.63) is 65.1 Å². The molecule has 0 amide bonds. The highest BCUT2D eigenvalue weighted by Crippen LogP contribution is 2.22. The first kappa shape index (κ1) is 24.7. The van der Waals surface area contributed by atoms with E-state index in [-0.39, 0.29) is 25.1 Å². The third-order valence-corrected chi connectivity index (χ3v) is 5.05. The molecule has 2 atom stereocenters. The van der Waals surface area contributed by atoms with Crippen molar-refractivity contribution < 1.29 is 24.2 Å². The summed E-state index contributed by atoms with van der Waals surface area (Å²) in [4.78, 5) is 8.83. The Balaban J connectivity index is 1.65. The zero-order chi connectivity index (χ0) is 23.6. The van der Waals surface area contributed by atoms with Gasteiger partial charge in [0.05, 0.1) is 32.0 Å². The number of nitrogens with one attached hydrogen (secondary N) is 2. The molecule has 2 aromatic carbocycles. The topological polar surface area (TPSA) is 86.7 Å². The Morgan fingerprint density at radius 2 is 2.03 bits per heavy atom. The van der Waals surface area contributed by atoms with Crippen LogP contribution in [0.2, 0.25) is 0 Å². The summed E-state index contributed by atoms with van der Waals surface area (Å²) in [5.74, 6) is 6.42. The molecule has 0 aliphatic carbocycles. The molecule has 0 aliphatic heterocycles. The van der Waals surface area contributed by atoms with Crippen LogP contribution in [0, 0.1) is 17.7 Å². The first-order valence-corrected chi connectivity index (χ1v) is 11.2. The fraction of sp³-hybridized carbons (Fsp3) is 0.385. The number of H-pyrrole nitrogens is 1. The van der Waals surface area contributed by atoms with Gasteiger partial charge in [0.15, 0.2) is 0 Å². The molecule has 3 aromatic rings. The van der Waals surface area contributed by atoms with Crippen LogP contribution < -0.4 is 10.2 Å². The van der Waals surface area contributed by atoms with Crippen LogP contribution >= 0.6 is 0 Å². The summed E-state index contributed by atoms with van der Waals surface area (Å²) in [5, 5.41) is 20.0. The Bertz CT molecular complexity index is 1100. The predicted octanol–water partition coefficient (Wildman–Crippen LogP) is 3.84. The Hall–Kier alpha value is -2.89. The van der Waals surface area contributed by atoms with Gasteiger partial charge in [0, 0.05) is 34.6 Å². The molecule has 4 N–H and O–H groups in total. The normalized spacial score (nSPS) is 12.9. The minimum absolute atomic E-state index is 0.147. The van der Waals surface area contributed by atoms with E-state index in [2.05, 4.69) is 22.3 Å². The Labute approximate surface area is 193 Å². The minimum Gasteiger partial charge on any atom is -0.493 e. The number of halogens is 1. The van der Waals surface area contributed by atoms with E-state index in [1.54, 1.807) is 13.0 Å². The maximum absolute atomic E-state index is 13.6. The predicted molar refractivity (Wildman–Crippen MR) is 126 cm³/mol. The summed E-state index contributed by atoms with van der Waals surface area (Å²) in [6.07, 6.45) is 3.09. The van der Waals surface area contributed by atoms with Gasteiger partial charge in [0.2, 0.25) is 0 Å². The highest BCUT2D eigenvalue weighted by Gasteiger charge is 2.14. The van der Waals surface area contributed by atoms with E-state index in [0.717, 1.165) is 34.0 Å². The molecule has 0 saturated carbocycles. The summed E-state index contributed by atoms with van der Waals surface area (Å²) in [5.41, 5.74) is 6.28. The summed E-state index contributed by atoms with van der Waals surface area (Å²) in [6, 6.07) is 9.86. The number of aromatic nitrogens is 1. The van der Waals surface area contributed by atoms with Gasteiger partial charge in [-0.1, -0.05) is 18.8 Å². The quantitative estimate of drug-likeness (QED) is 0.261. The lowest BCUT2D eigenvalue weighted by Crippen LogP contribution is -2.34. The number of fused-ring (bicyclic) bond motifs is 1. The summed E-state index contributed by atoms with van der Waals surface area (Å²) in [7, 11) is 0. The number of ether oxygens (including phenoxy) is 1. The first-order chi connectivity index (χ1) is 16.0. The van der Waals surface area contributed by atoms with E-state index < -0.39 is 6.10 Å². The molecule has 1 heterocycles. The number of aromatic amines is 1. The van der Waals surface area contributed by atoms with Crippen LogP contribution in [0.4, 0.5) is 4.39 Å². The van der Waals surface area contributed by atoms with Crippen LogP contribution in [0.1, 0.15) is 43.4 Å². The van der Waals surface area contributed by atoms with Gasteiger partial charge in [0.25, 0.3) is 0 Å².